The monoisotopic (exact) mass is 475 g/mol. The number of ether oxygens (including phenoxy) is 2. The second kappa shape index (κ2) is 10.4. The third kappa shape index (κ3) is 4.97. The van der Waals surface area contributed by atoms with Crippen molar-refractivity contribution in [1.29, 1.82) is 0 Å². The Kier molecular flexibility index (Phi) is 7.29. The molecule has 3 atom stereocenters. The Morgan fingerprint density at radius 3 is 2.54 bits per heavy atom. The smallest absolute Gasteiger partial charge is 0.337 e. The summed E-state index contributed by atoms with van der Waals surface area (Å²) in [6.07, 6.45) is 1.48. The van der Waals surface area contributed by atoms with Gasteiger partial charge in [-0.3, -0.25) is 4.79 Å². The molecule has 1 aliphatic heterocycles. The summed E-state index contributed by atoms with van der Waals surface area (Å²) in [6.45, 7) is 7.88. The Labute approximate surface area is 206 Å². The Balaban J connectivity index is 1.81. The van der Waals surface area contributed by atoms with Crippen molar-refractivity contribution in [2.75, 3.05) is 6.61 Å². The maximum Gasteiger partial charge on any atom is 0.337 e. The van der Waals surface area contributed by atoms with E-state index < -0.39 is 11.9 Å². The van der Waals surface area contributed by atoms with Crippen LogP contribution in [0, 0.1) is 0 Å². The molecule has 184 valence electrons. The van der Waals surface area contributed by atoms with E-state index in [1.165, 1.54) is 0 Å². The zero-order valence-corrected chi connectivity index (χ0v) is 20.8. The van der Waals surface area contributed by atoms with Gasteiger partial charge < -0.3 is 19.9 Å². The summed E-state index contributed by atoms with van der Waals surface area (Å²) in [7, 11) is 0. The van der Waals surface area contributed by atoms with Crippen LogP contribution >= 0.6 is 0 Å². The molecule has 0 aromatic heterocycles. The van der Waals surface area contributed by atoms with Crippen molar-refractivity contribution in [1.82, 2.24) is 5.32 Å². The standard InChI is InChI=1S/C29H33NO5/c1-5-17(3)35-29(33)26-18(4)30-22-14-21(19-10-8-7-9-11-19)15-24(32)28(22)27(26)20-12-13-23(31)25(16-20)34-6-2/h7-13,16-17,21,27,30-31H,5-6,14-15H2,1-4H3/t17-,21+,27-/m1/s1. The number of phenolic OH excluding ortho intramolecular Hbond substituents is 1. The van der Waals surface area contributed by atoms with Crippen molar-refractivity contribution in [3.8, 4) is 11.5 Å². The topological polar surface area (TPSA) is 84.9 Å². The van der Waals surface area contributed by atoms with Gasteiger partial charge in [-0.2, -0.15) is 0 Å². The molecule has 0 radical (unpaired) electrons. The van der Waals surface area contributed by atoms with E-state index in [1.54, 1.807) is 18.2 Å². The Morgan fingerprint density at radius 2 is 1.86 bits per heavy atom. The van der Waals surface area contributed by atoms with E-state index in [1.807, 2.05) is 45.9 Å². The number of aromatic hydroxyl groups is 1. The van der Waals surface area contributed by atoms with Gasteiger partial charge in [0.15, 0.2) is 17.3 Å². The molecular weight excluding hydrogens is 442 g/mol. The van der Waals surface area contributed by atoms with Gasteiger partial charge in [0, 0.05) is 29.3 Å². The summed E-state index contributed by atoms with van der Waals surface area (Å²) in [5.74, 6) is -0.636. The molecule has 2 aliphatic rings. The van der Waals surface area contributed by atoms with E-state index in [9.17, 15) is 14.7 Å². The fourth-order valence-electron chi connectivity index (χ4n) is 4.91. The molecule has 0 saturated heterocycles. The first-order chi connectivity index (χ1) is 16.8. The molecule has 2 N–H and O–H groups in total. The van der Waals surface area contributed by atoms with Crippen LogP contribution in [0.2, 0.25) is 0 Å². The lowest BCUT2D eigenvalue weighted by atomic mass is 9.71. The number of ketones is 1. The highest BCUT2D eigenvalue weighted by Crippen LogP contribution is 2.47. The number of carbonyl (C=O) groups is 2. The third-order valence-corrected chi connectivity index (χ3v) is 6.82. The van der Waals surface area contributed by atoms with Crippen LogP contribution in [-0.2, 0) is 14.3 Å². The second-order valence-corrected chi connectivity index (χ2v) is 9.21. The number of allylic oxidation sites excluding steroid dienone is 3. The van der Waals surface area contributed by atoms with Crippen LogP contribution in [-0.4, -0.2) is 29.6 Å². The summed E-state index contributed by atoms with van der Waals surface area (Å²) in [5.41, 5.74) is 4.36. The van der Waals surface area contributed by atoms with Crippen molar-refractivity contribution >= 4 is 11.8 Å². The minimum atomic E-state index is -0.605. The quantitative estimate of drug-likeness (QED) is 0.515. The van der Waals surface area contributed by atoms with Gasteiger partial charge in [0.25, 0.3) is 0 Å². The van der Waals surface area contributed by atoms with Gasteiger partial charge in [0.1, 0.15) is 0 Å². The van der Waals surface area contributed by atoms with Crippen molar-refractivity contribution in [3.63, 3.8) is 0 Å². The average molecular weight is 476 g/mol. The number of phenols is 1. The first-order valence-corrected chi connectivity index (χ1v) is 12.3. The van der Waals surface area contributed by atoms with E-state index in [2.05, 4.69) is 17.4 Å². The number of benzene rings is 2. The zero-order chi connectivity index (χ0) is 25.1. The van der Waals surface area contributed by atoms with Crippen molar-refractivity contribution in [3.05, 3.63) is 82.2 Å². The van der Waals surface area contributed by atoms with Crippen LogP contribution in [0.1, 0.15) is 69.9 Å². The fourth-order valence-corrected chi connectivity index (χ4v) is 4.91. The third-order valence-electron chi connectivity index (χ3n) is 6.82. The Bertz CT molecular complexity index is 1180. The molecule has 0 spiro atoms. The van der Waals surface area contributed by atoms with E-state index in [4.69, 9.17) is 9.47 Å². The highest BCUT2D eigenvalue weighted by Gasteiger charge is 2.41. The first kappa shape index (κ1) is 24.6. The molecule has 0 fully saturated rings. The van der Waals surface area contributed by atoms with Gasteiger partial charge in [0.05, 0.1) is 18.3 Å². The maximum absolute atomic E-state index is 13.7. The fraction of sp³-hybridized carbons (Fsp3) is 0.379. The predicted octanol–water partition coefficient (Wildman–Crippen LogP) is 5.49. The average Bonchev–Trinajstić information content (AvgIpc) is 2.85. The van der Waals surface area contributed by atoms with Crippen molar-refractivity contribution < 1.29 is 24.2 Å². The molecule has 2 aromatic rings. The summed E-state index contributed by atoms with van der Waals surface area (Å²) in [6, 6.07) is 15.1. The first-order valence-electron chi connectivity index (χ1n) is 12.3. The molecule has 6 heteroatoms. The zero-order valence-electron chi connectivity index (χ0n) is 20.8. The van der Waals surface area contributed by atoms with Gasteiger partial charge in [-0.1, -0.05) is 43.3 Å². The minimum Gasteiger partial charge on any atom is -0.504 e. The van der Waals surface area contributed by atoms with E-state index in [0.717, 1.165) is 11.3 Å². The van der Waals surface area contributed by atoms with Crippen molar-refractivity contribution in [2.24, 2.45) is 0 Å². The largest absolute Gasteiger partial charge is 0.504 e. The number of nitrogens with one attached hydrogen (secondary N) is 1. The van der Waals surface area contributed by atoms with Gasteiger partial charge >= 0.3 is 5.97 Å². The van der Waals surface area contributed by atoms with Crippen LogP contribution in [0.4, 0.5) is 0 Å². The van der Waals surface area contributed by atoms with Gasteiger partial charge in [0.2, 0.25) is 0 Å². The highest BCUT2D eigenvalue weighted by molar-refractivity contribution is 6.04. The van der Waals surface area contributed by atoms with Gasteiger partial charge in [-0.15, -0.1) is 0 Å². The molecule has 1 heterocycles. The molecule has 6 nitrogen and oxygen atoms in total. The number of dihydropyridines is 1. The molecule has 2 aromatic carbocycles. The number of rotatable bonds is 7. The van der Waals surface area contributed by atoms with Gasteiger partial charge in [-0.05, 0) is 62.8 Å². The van der Waals surface area contributed by atoms with E-state index >= 15 is 0 Å². The summed E-state index contributed by atoms with van der Waals surface area (Å²) in [4.78, 5) is 27.0. The molecular formula is C29H33NO5. The number of hydrogen-bond acceptors (Lipinski definition) is 6. The minimum absolute atomic E-state index is 0.00461. The number of Topliss-reactive ketones (excluding diaryl/α,β-unsaturated/α-hetero) is 1. The van der Waals surface area contributed by atoms with E-state index in [0.29, 0.717) is 54.0 Å². The molecule has 0 bridgehead atoms. The molecule has 0 saturated carbocycles. The lowest BCUT2D eigenvalue weighted by Crippen LogP contribution is -2.36. The van der Waals surface area contributed by atoms with Crippen LogP contribution in [0.3, 0.4) is 0 Å². The Morgan fingerprint density at radius 1 is 1.11 bits per heavy atom. The van der Waals surface area contributed by atoms with Crippen LogP contribution < -0.4 is 10.1 Å². The van der Waals surface area contributed by atoms with Crippen LogP contribution in [0.15, 0.2) is 71.1 Å². The van der Waals surface area contributed by atoms with Crippen molar-refractivity contribution in [2.45, 2.75) is 64.9 Å². The maximum atomic E-state index is 13.7. The summed E-state index contributed by atoms with van der Waals surface area (Å²) in [5, 5.41) is 13.6. The van der Waals surface area contributed by atoms with Crippen LogP contribution in [0.5, 0.6) is 11.5 Å². The second-order valence-electron chi connectivity index (χ2n) is 9.21. The van der Waals surface area contributed by atoms with Gasteiger partial charge in [-0.25, -0.2) is 4.79 Å². The van der Waals surface area contributed by atoms with E-state index in [-0.39, 0.29) is 23.6 Å². The normalized spacial score (nSPS) is 20.7. The lowest BCUT2D eigenvalue weighted by molar-refractivity contribution is -0.144. The molecule has 0 unspecified atom stereocenters. The van der Waals surface area contributed by atoms with Crippen LogP contribution in [0.25, 0.3) is 0 Å². The number of esters is 1. The predicted molar refractivity (Wildman–Crippen MR) is 134 cm³/mol. The molecule has 4 rings (SSSR count). The number of carbonyl (C=O) groups excluding carboxylic acids is 2. The summed E-state index contributed by atoms with van der Waals surface area (Å²) < 4.78 is 11.3. The number of hydrogen-bond donors (Lipinski definition) is 2. The Hall–Kier alpha value is -3.54. The lowest BCUT2D eigenvalue weighted by Gasteiger charge is -2.37. The summed E-state index contributed by atoms with van der Waals surface area (Å²) >= 11 is 0. The molecule has 35 heavy (non-hydrogen) atoms. The molecule has 0 amide bonds. The SMILES string of the molecule is CCOc1cc([C@@H]2C(C(=O)O[C@H](C)CC)=C(C)NC3=C2C(=O)C[C@@H](c2ccccc2)C3)ccc1O. The highest BCUT2D eigenvalue weighted by atomic mass is 16.5. The molecule has 1 aliphatic carbocycles.